The quantitative estimate of drug-likeness (QED) is 0.0546. The van der Waals surface area contributed by atoms with Gasteiger partial charge in [0.15, 0.2) is 11.6 Å². The molecular formula is C44H54N2O8. The number of unbranched alkanes of at least 4 members (excludes halogenated alkanes) is 3. The Labute approximate surface area is 319 Å². The number of benzene rings is 4. The van der Waals surface area contributed by atoms with E-state index < -0.39 is 23.5 Å². The highest BCUT2D eigenvalue weighted by atomic mass is 16.5. The van der Waals surface area contributed by atoms with Gasteiger partial charge in [-0.2, -0.15) is 0 Å². The van der Waals surface area contributed by atoms with Gasteiger partial charge < -0.3 is 29.5 Å². The van der Waals surface area contributed by atoms with Crippen molar-refractivity contribution in [2.24, 2.45) is 0 Å². The molecule has 0 atom stereocenters. The lowest BCUT2D eigenvalue weighted by atomic mass is 9.97. The molecule has 0 aliphatic carbocycles. The lowest BCUT2D eigenvalue weighted by molar-refractivity contribution is 0.0472. The van der Waals surface area contributed by atoms with Gasteiger partial charge in [0.2, 0.25) is 0 Å². The van der Waals surface area contributed by atoms with E-state index in [0.717, 1.165) is 37.6 Å². The number of anilines is 2. The summed E-state index contributed by atoms with van der Waals surface area (Å²) in [7, 11) is 0. The largest absolute Gasteiger partial charge is 0.507 e. The van der Waals surface area contributed by atoms with E-state index in [-0.39, 0.29) is 58.1 Å². The predicted octanol–water partition coefficient (Wildman–Crippen LogP) is 8.85. The molecule has 0 bridgehead atoms. The smallest absolute Gasteiger partial charge is 0.338 e. The molecule has 0 saturated heterocycles. The molecule has 0 fully saturated rings. The van der Waals surface area contributed by atoms with Crippen LogP contribution in [0.25, 0.3) is 0 Å². The standard InChI is InChI=1S/C42H48N2O8.C2H6/c1-5-43(6-2)29-21-23-35(37(45)27-29)39(47)31-17-11-13-19-33(31)41(49)51-25-15-9-10-16-26-52-42(50)34-20-14-12-18-32(34)40(48)36-24-22-30(28-38(36)46)44(7-3)8-4;1-2/h11-14,17-24,27-28,45-46H,5-10,15-16,25-26H2,1-4H3;1-2H3. The van der Waals surface area contributed by atoms with Gasteiger partial charge in [-0.3, -0.25) is 9.59 Å². The van der Waals surface area contributed by atoms with Crippen LogP contribution in [0.2, 0.25) is 0 Å². The summed E-state index contributed by atoms with van der Waals surface area (Å²) < 4.78 is 11.0. The minimum atomic E-state index is -0.626. The average Bonchev–Trinajstić information content (AvgIpc) is 3.20. The summed E-state index contributed by atoms with van der Waals surface area (Å²) in [5.74, 6) is -2.51. The molecule has 10 heteroatoms. The van der Waals surface area contributed by atoms with E-state index in [0.29, 0.717) is 25.7 Å². The number of phenols is 2. The van der Waals surface area contributed by atoms with Gasteiger partial charge in [-0.25, -0.2) is 9.59 Å². The maximum atomic E-state index is 13.4. The van der Waals surface area contributed by atoms with Crippen LogP contribution in [0.3, 0.4) is 0 Å². The second kappa shape index (κ2) is 21.8. The molecule has 0 aromatic heterocycles. The molecule has 4 rings (SSSR count). The van der Waals surface area contributed by atoms with Crippen molar-refractivity contribution in [2.75, 3.05) is 49.2 Å². The van der Waals surface area contributed by atoms with Crippen LogP contribution in [0.5, 0.6) is 11.5 Å². The summed E-state index contributed by atoms with van der Waals surface area (Å²) in [6.07, 6.45) is 2.54. The fourth-order valence-electron chi connectivity index (χ4n) is 6.05. The molecule has 0 unspecified atom stereocenters. The summed E-state index contributed by atoms with van der Waals surface area (Å²) in [4.78, 5) is 56.8. The zero-order valence-electron chi connectivity index (χ0n) is 32.4. The SMILES string of the molecule is CC.CCN(CC)c1ccc(C(=O)c2ccccc2C(=O)OCCCCCCOC(=O)c2ccccc2C(=O)c2ccc(N(CC)CC)cc2O)c(O)c1. The number of aromatic hydroxyl groups is 2. The Balaban J connectivity index is 0.00000385. The Morgan fingerprint density at radius 2 is 0.815 bits per heavy atom. The van der Waals surface area contributed by atoms with Crippen molar-refractivity contribution >= 4 is 34.9 Å². The Bertz CT molecular complexity index is 1730. The zero-order valence-corrected chi connectivity index (χ0v) is 32.4. The Morgan fingerprint density at radius 3 is 1.13 bits per heavy atom. The number of carbonyl (C=O) groups excluding carboxylic acids is 4. The minimum absolute atomic E-state index is 0.104. The summed E-state index contributed by atoms with van der Waals surface area (Å²) in [6.45, 7) is 15.3. The molecule has 10 nitrogen and oxygen atoms in total. The average molecular weight is 739 g/mol. The van der Waals surface area contributed by atoms with Gasteiger partial charge in [0.05, 0.1) is 35.5 Å². The van der Waals surface area contributed by atoms with Crippen molar-refractivity contribution in [2.45, 2.75) is 67.2 Å². The number of hydrogen-bond acceptors (Lipinski definition) is 10. The fraction of sp³-hybridized carbons (Fsp3) is 0.364. The molecule has 0 radical (unpaired) electrons. The lowest BCUT2D eigenvalue weighted by Gasteiger charge is -2.21. The first-order valence-electron chi connectivity index (χ1n) is 18.9. The van der Waals surface area contributed by atoms with Gasteiger partial charge in [-0.1, -0.05) is 50.2 Å². The Hall–Kier alpha value is -5.64. The van der Waals surface area contributed by atoms with Gasteiger partial charge in [-0.15, -0.1) is 0 Å². The first kappa shape index (κ1) is 42.8. The number of rotatable bonds is 19. The van der Waals surface area contributed by atoms with Crippen molar-refractivity contribution in [1.29, 1.82) is 0 Å². The molecular weight excluding hydrogens is 684 g/mol. The Kier molecular flexibility index (Phi) is 17.3. The molecule has 0 amide bonds. The topological polar surface area (TPSA) is 134 Å². The van der Waals surface area contributed by atoms with Crippen molar-refractivity contribution in [3.05, 3.63) is 118 Å². The van der Waals surface area contributed by atoms with Gasteiger partial charge in [0, 0.05) is 60.8 Å². The molecule has 288 valence electrons. The summed E-state index contributed by atoms with van der Waals surface area (Å²) >= 11 is 0. The number of esters is 2. The molecule has 4 aromatic rings. The maximum Gasteiger partial charge on any atom is 0.338 e. The van der Waals surface area contributed by atoms with Crippen molar-refractivity contribution in [3.8, 4) is 11.5 Å². The second-order valence-corrected chi connectivity index (χ2v) is 12.2. The van der Waals surface area contributed by atoms with Crippen LogP contribution in [0, 0.1) is 0 Å². The van der Waals surface area contributed by atoms with Gasteiger partial charge in [-0.05, 0) is 89.8 Å². The van der Waals surface area contributed by atoms with Gasteiger partial charge >= 0.3 is 11.9 Å². The highest BCUT2D eigenvalue weighted by molar-refractivity contribution is 6.16. The first-order chi connectivity index (χ1) is 26.1. The van der Waals surface area contributed by atoms with Crippen LogP contribution >= 0.6 is 0 Å². The molecule has 0 aliphatic rings. The van der Waals surface area contributed by atoms with E-state index in [1.807, 2.05) is 41.5 Å². The number of phenolic OH excluding ortho intramolecular Hbond substituents is 2. The van der Waals surface area contributed by atoms with Crippen molar-refractivity contribution < 1.29 is 38.9 Å². The van der Waals surface area contributed by atoms with Gasteiger partial charge in [0.1, 0.15) is 11.5 Å². The number of carbonyl (C=O) groups is 4. The summed E-state index contributed by atoms with van der Waals surface area (Å²) in [6, 6.07) is 22.6. The predicted molar refractivity (Wildman–Crippen MR) is 213 cm³/mol. The monoisotopic (exact) mass is 738 g/mol. The third-order valence-electron chi connectivity index (χ3n) is 9.00. The lowest BCUT2D eigenvalue weighted by Crippen LogP contribution is -2.21. The maximum absolute atomic E-state index is 13.4. The number of ether oxygens (including phenoxy) is 2. The van der Waals surface area contributed by atoms with Crippen LogP contribution in [0.4, 0.5) is 11.4 Å². The highest BCUT2D eigenvalue weighted by Gasteiger charge is 2.23. The van der Waals surface area contributed by atoms with Crippen LogP contribution in [-0.2, 0) is 9.47 Å². The van der Waals surface area contributed by atoms with Gasteiger partial charge in [0.25, 0.3) is 0 Å². The van der Waals surface area contributed by atoms with E-state index in [9.17, 15) is 29.4 Å². The van der Waals surface area contributed by atoms with Crippen LogP contribution in [0.1, 0.15) is 120 Å². The first-order valence-corrected chi connectivity index (χ1v) is 18.9. The van der Waals surface area contributed by atoms with Crippen LogP contribution in [0.15, 0.2) is 84.9 Å². The van der Waals surface area contributed by atoms with E-state index in [2.05, 4.69) is 9.80 Å². The second-order valence-electron chi connectivity index (χ2n) is 12.2. The molecule has 2 N–H and O–H groups in total. The summed E-state index contributed by atoms with van der Waals surface area (Å²) in [5.41, 5.74) is 2.35. The zero-order chi connectivity index (χ0) is 39.6. The van der Waals surface area contributed by atoms with Crippen LogP contribution in [-0.4, -0.2) is 73.1 Å². The third kappa shape index (κ3) is 10.9. The number of ketones is 2. The molecule has 0 heterocycles. The molecule has 0 spiro atoms. The van der Waals surface area contributed by atoms with Crippen LogP contribution < -0.4 is 9.80 Å². The van der Waals surface area contributed by atoms with E-state index in [1.165, 1.54) is 12.1 Å². The molecule has 0 saturated carbocycles. The van der Waals surface area contributed by atoms with E-state index in [1.54, 1.807) is 72.8 Å². The molecule has 54 heavy (non-hydrogen) atoms. The number of hydrogen-bond donors (Lipinski definition) is 2. The minimum Gasteiger partial charge on any atom is -0.507 e. The molecule has 4 aromatic carbocycles. The normalized spacial score (nSPS) is 10.5. The van der Waals surface area contributed by atoms with Crippen molar-refractivity contribution in [1.82, 2.24) is 0 Å². The summed E-state index contributed by atoms with van der Waals surface area (Å²) in [5, 5.41) is 21.3. The fourth-order valence-corrected chi connectivity index (χ4v) is 6.05. The number of nitrogens with zero attached hydrogens (tertiary/aromatic N) is 2. The van der Waals surface area contributed by atoms with Crippen molar-refractivity contribution in [3.63, 3.8) is 0 Å². The van der Waals surface area contributed by atoms with E-state index in [4.69, 9.17) is 9.47 Å². The van der Waals surface area contributed by atoms with E-state index >= 15 is 0 Å². The highest BCUT2D eigenvalue weighted by Crippen LogP contribution is 2.29. The third-order valence-corrected chi connectivity index (χ3v) is 9.00. The molecule has 0 aliphatic heterocycles. The Morgan fingerprint density at radius 1 is 0.481 bits per heavy atom.